The second-order valence-corrected chi connectivity index (χ2v) is 3.86. The van der Waals surface area contributed by atoms with E-state index in [1.807, 2.05) is 0 Å². The fraction of sp³-hybridized carbons (Fsp3) is 0.417. The minimum Gasteiger partial charge on any atom is -0.493 e. The SMILES string of the molecule is CCCn1ncc(OC)c1C(O)c1ccncn1. The molecule has 0 amide bonds. The number of methoxy groups -OCH3 is 1. The van der Waals surface area contributed by atoms with Crippen molar-refractivity contribution >= 4 is 0 Å². The highest BCUT2D eigenvalue weighted by molar-refractivity contribution is 5.31. The molecule has 1 atom stereocenters. The number of aliphatic hydroxyl groups excluding tert-OH is 1. The van der Waals surface area contributed by atoms with Crippen LogP contribution in [-0.2, 0) is 6.54 Å². The third-order valence-electron chi connectivity index (χ3n) is 2.64. The largest absolute Gasteiger partial charge is 0.493 e. The molecule has 0 aliphatic rings. The molecular formula is C12H16N4O2. The molecule has 0 radical (unpaired) electrons. The summed E-state index contributed by atoms with van der Waals surface area (Å²) in [5.74, 6) is 0.564. The maximum atomic E-state index is 10.4. The van der Waals surface area contributed by atoms with Gasteiger partial charge in [-0.15, -0.1) is 0 Å². The highest BCUT2D eigenvalue weighted by atomic mass is 16.5. The minimum atomic E-state index is -0.864. The zero-order valence-corrected chi connectivity index (χ0v) is 10.4. The number of hydrogen-bond donors (Lipinski definition) is 1. The molecule has 2 heterocycles. The molecule has 2 aromatic rings. The Labute approximate surface area is 105 Å². The summed E-state index contributed by atoms with van der Waals surface area (Å²) in [4.78, 5) is 7.89. The molecule has 0 spiro atoms. The van der Waals surface area contributed by atoms with E-state index in [0.29, 0.717) is 17.1 Å². The molecule has 0 saturated heterocycles. The van der Waals surface area contributed by atoms with E-state index in [-0.39, 0.29) is 0 Å². The van der Waals surface area contributed by atoms with Gasteiger partial charge in [-0.25, -0.2) is 9.97 Å². The molecule has 6 nitrogen and oxygen atoms in total. The maximum Gasteiger partial charge on any atom is 0.163 e. The average molecular weight is 248 g/mol. The van der Waals surface area contributed by atoms with Gasteiger partial charge in [0.2, 0.25) is 0 Å². The number of rotatable bonds is 5. The topological polar surface area (TPSA) is 73.1 Å². The number of aryl methyl sites for hydroxylation is 1. The maximum absolute atomic E-state index is 10.4. The number of nitrogens with zero attached hydrogens (tertiary/aromatic N) is 4. The summed E-state index contributed by atoms with van der Waals surface area (Å²) in [7, 11) is 1.56. The molecule has 96 valence electrons. The molecule has 6 heteroatoms. The molecule has 0 aliphatic carbocycles. The second kappa shape index (κ2) is 5.59. The van der Waals surface area contributed by atoms with Gasteiger partial charge in [-0.1, -0.05) is 6.92 Å². The van der Waals surface area contributed by atoms with Crippen LogP contribution in [0.1, 0.15) is 30.8 Å². The van der Waals surface area contributed by atoms with Crippen LogP contribution in [0.15, 0.2) is 24.8 Å². The lowest BCUT2D eigenvalue weighted by atomic mass is 10.1. The van der Waals surface area contributed by atoms with Crippen LogP contribution in [0.2, 0.25) is 0 Å². The van der Waals surface area contributed by atoms with E-state index in [0.717, 1.165) is 13.0 Å². The van der Waals surface area contributed by atoms with E-state index < -0.39 is 6.10 Å². The lowest BCUT2D eigenvalue weighted by molar-refractivity contribution is 0.197. The summed E-state index contributed by atoms with van der Waals surface area (Å²) in [6, 6.07) is 1.67. The smallest absolute Gasteiger partial charge is 0.163 e. The first-order valence-electron chi connectivity index (χ1n) is 5.81. The van der Waals surface area contributed by atoms with Gasteiger partial charge in [-0.3, -0.25) is 4.68 Å². The normalized spacial score (nSPS) is 12.4. The first-order chi connectivity index (χ1) is 8.77. The quantitative estimate of drug-likeness (QED) is 0.860. The molecular weight excluding hydrogens is 232 g/mol. The van der Waals surface area contributed by atoms with Crippen molar-refractivity contribution in [1.29, 1.82) is 0 Å². The zero-order valence-electron chi connectivity index (χ0n) is 10.4. The predicted molar refractivity (Wildman–Crippen MR) is 65.2 cm³/mol. The summed E-state index contributed by atoms with van der Waals surface area (Å²) >= 11 is 0. The Morgan fingerprint density at radius 2 is 2.33 bits per heavy atom. The van der Waals surface area contributed by atoms with Crippen LogP contribution in [0.5, 0.6) is 5.75 Å². The highest BCUT2D eigenvalue weighted by Crippen LogP contribution is 2.28. The van der Waals surface area contributed by atoms with Gasteiger partial charge >= 0.3 is 0 Å². The summed E-state index contributed by atoms with van der Waals surface area (Å²) < 4.78 is 6.97. The highest BCUT2D eigenvalue weighted by Gasteiger charge is 2.22. The Balaban J connectivity index is 2.39. The van der Waals surface area contributed by atoms with Gasteiger partial charge in [-0.2, -0.15) is 5.10 Å². The minimum absolute atomic E-state index is 0.529. The summed E-state index contributed by atoms with van der Waals surface area (Å²) in [5.41, 5.74) is 1.15. The lowest BCUT2D eigenvalue weighted by Gasteiger charge is -2.13. The molecule has 1 unspecified atom stereocenters. The van der Waals surface area contributed by atoms with Crippen molar-refractivity contribution < 1.29 is 9.84 Å². The van der Waals surface area contributed by atoms with Gasteiger partial charge in [-0.05, 0) is 12.5 Å². The van der Waals surface area contributed by atoms with Crippen LogP contribution in [-0.4, -0.2) is 32.0 Å². The van der Waals surface area contributed by atoms with E-state index in [1.165, 1.54) is 6.33 Å². The fourth-order valence-corrected chi connectivity index (χ4v) is 1.80. The van der Waals surface area contributed by atoms with Gasteiger partial charge in [0.05, 0.1) is 19.0 Å². The summed E-state index contributed by atoms with van der Waals surface area (Å²) in [6.45, 7) is 2.77. The van der Waals surface area contributed by atoms with E-state index in [2.05, 4.69) is 22.0 Å². The second-order valence-electron chi connectivity index (χ2n) is 3.86. The molecule has 0 fully saturated rings. The van der Waals surface area contributed by atoms with E-state index in [9.17, 15) is 5.11 Å². The first-order valence-corrected chi connectivity index (χ1v) is 5.81. The van der Waals surface area contributed by atoms with Crippen LogP contribution in [0, 0.1) is 0 Å². The van der Waals surface area contributed by atoms with E-state index >= 15 is 0 Å². The monoisotopic (exact) mass is 248 g/mol. The van der Waals surface area contributed by atoms with Crippen LogP contribution in [0.4, 0.5) is 0 Å². The standard InChI is InChI=1S/C12H16N4O2/c1-3-6-16-11(10(18-2)7-15-16)12(17)9-4-5-13-8-14-9/h4-5,7-8,12,17H,3,6H2,1-2H3. The molecule has 1 N–H and O–H groups in total. The van der Waals surface area contributed by atoms with Crippen LogP contribution >= 0.6 is 0 Å². The van der Waals surface area contributed by atoms with Crippen molar-refractivity contribution in [3.05, 3.63) is 36.2 Å². The predicted octanol–water partition coefficient (Wildman–Crippen LogP) is 1.17. The molecule has 0 aromatic carbocycles. The number of aliphatic hydroxyl groups is 1. The number of hydrogen-bond acceptors (Lipinski definition) is 5. The Morgan fingerprint density at radius 3 is 2.94 bits per heavy atom. The Bertz CT molecular complexity index is 498. The number of ether oxygens (including phenoxy) is 1. The molecule has 0 bridgehead atoms. The van der Waals surface area contributed by atoms with Crippen molar-refractivity contribution in [3.63, 3.8) is 0 Å². The average Bonchev–Trinajstić information content (AvgIpc) is 2.82. The van der Waals surface area contributed by atoms with Crippen molar-refractivity contribution in [2.75, 3.05) is 7.11 Å². The summed E-state index contributed by atoms with van der Waals surface area (Å²) in [5, 5.41) is 14.6. The van der Waals surface area contributed by atoms with Gasteiger partial charge in [0.15, 0.2) is 5.75 Å². The van der Waals surface area contributed by atoms with Gasteiger partial charge in [0, 0.05) is 12.7 Å². The van der Waals surface area contributed by atoms with Crippen LogP contribution in [0.3, 0.4) is 0 Å². The molecule has 0 aliphatic heterocycles. The van der Waals surface area contributed by atoms with Crippen LogP contribution in [0.25, 0.3) is 0 Å². The first kappa shape index (κ1) is 12.5. The fourth-order valence-electron chi connectivity index (χ4n) is 1.80. The molecule has 0 saturated carbocycles. The van der Waals surface area contributed by atoms with Crippen molar-refractivity contribution in [1.82, 2.24) is 19.7 Å². The third-order valence-corrected chi connectivity index (χ3v) is 2.64. The lowest BCUT2D eigenvalue weighted by Crippen LogP contribution is -2.12. The zero-order chi connectivity index (χ0) is 13.0. The van der Waals surface area contributed by atoms with Crippen molar-refractivity contribution in [3.8, 4) is 5.75 Å². The van der Waals surface area contributed by atoms with Crippen LogP contribution < -0.4 is 4.74 Å². The summed E-state index contributed by atoms with van der Waals surface area (Å²) in [6.07, 6.45) is 4.67. The van der Waals surface area contributed by atoms with Crippen molar-refractivity contribution in [2.24, 2.45) is 0 Å². The Kier molecular flexibility index (Phi) is 3.88. The third kappa shape index (κ3) is 2.33. The van der Waals surface area contributed by atoms with E-state index in [1.54, 1.807) is 30.3 Å². The molecule has 18 heavy (non-hydrogen) atoms. The molecule has 2 aromatic heterocycles. The van der Waals surface area contributed by atoms with Gasteiger partial charge < -0.3 is 9.84 Å². The Hall–Kier alpha value is -1.95. The van der Waals surface area contributed by atoms with Gasteiger partial charge in [0.1, 0.15) is 18.1 Å². The van der Waals surface area contributed by atoms with Gasteiger partial charge in [0.25, 0.3) is 0 Å². The Morgan fingerprint density at radius 1 is 1.50 bits per heavy atom. The number of aromatic nitrogens is 4. The van der Waals surface area contributed by atoms with Crippen molar-refractivity contribution in [2.45, 2.75) is 26.0 Å². The molecule has 2 rings (SSSR count). The van der Waals surface area contributed by atoms with E-state index in [4.69, 9.17) is 4.74 Å².